The van der Waals surface area contributed by atoms with E-state index in [9.17, 15) is 4.39 Å². The molecular formula is C13H18FNO. The fourth-order valence-electron chi connectivity index (χ4n) is 2.24. The molecule has 1 saturated heterocycles. The highest BCUT2D eigenvalue weighted by Gasteiger charge is 2.24. The van der Waals surface area contributed by atoms with Gasteiger partial charge in [0.2, 0.25) is 0 Å². The second kappa shape index (κ2) is 4.42. The summed E-state index contributed by atoms with van der Waals surface area (Å²) in [5.41, 5.74) is 1.78. The Morgan fingerprint density at radius 2 is 1.88 bits per heavy atom. The van der Waals surface area contributed by atoms with Crippen LogP contribution in [0.3, 0.4) is 0 Å². The summed E-state index contributed by atoms with van der Waals surface area (Å²) in [7, 11) is 0. The molecule has 2 atom stereocenters. The summed E-state index contributed by atoms with van der Waals surface area (Å²) >= 11 is 0. The van der Waals surface area contributed by atoms with Crippen LogP contribution in [0.15, 0.2) is 18.2 Å². The van der Waals surface area contributed by atoms with Gasteiger partial charge in [0, 0.05) is 13.1 Å². The summed E-state index contributed by atoms with van der Waals surface area (Å²) in [6.45, 7) is 7.54. The summed E-state index contributed by atoms with van der Waals surface area (Å²) in [6.07, 6.45) is 0.312. The molecule has 0 radical (unpaired) electrons. The number of morpholine rings is 1. The van der Waals surface area contributed by atoms with Crippen LogP contribution in [0.1, 0.15) is 19.4 Å². The van der Waals surface area contributed by atoms with Crippen molar-refractivity contribution in [2.45, 2.75) is 33.0 Å². The van der Waals surface area contributed by atoms with E-state index in [1.54, 1.807) is 6.07 Å². The molecule has 88 valence electrons. The lowest BCUT2D eigenvalue weighted by atomic mass is 10.1. The average molecular weight is 223 g/mol. The summed E-state index contributed by atoms with van der Waals surface area (Å²) in [5.74, 6) is -0.146. The minimum atomic E-state index is -0.146. The van der Waals surface area contributed by atoms with E-state index in [1.807, 2.05) is 26.8 Å². The fourth-order valence-corrected chi connectivity index (χ4v) is 2.24. The number of hydrogen-bond donors (Lipinski definition) is 0. The zero-order chi connectivity index (χ0) is 11.7. The Morgan fingerprint density at radius 3 is 2.50 bits per heavy atom. The lowest BCUT2D eigenvalue weighted by molar-refractivity contribution is -0.00539. The smallest absolute Gasteiger partial charge is 0.146 e. The third-order valence-electron chi connectivity index (χ3n) is 2.86. The maximum absolute atomic E-state index is 13.7. The number of hydrogen-bond acceptors (Lipinski definition) is 2. The molecule has 0 N–H and O–H groups in total. The standard InChI is InChI=1S/C13H18FNO/c1-9-4-5-12(14)13(6-9)15-7-10(2)16-11(3)8-15/h4-6,10-11H,7-8H2,1-3H3. The molecule has 0 bridgehead atoms. The van der Waals surface area contributed by atoms with E-state index < -0.39 is 0 Å². The SMILES string of the molecule is Cc1ccc(F)c(N2CC(C)OC(C)C2)c1. The highest BCUT2D eigenvalue weighted by atomic mass is 19.1. The summed E-state index contributed by atoms with van der Waals surface area (Å²) in [5, 5.41) is 0. The first-order chi connectivity index (χ1) is 7.56. The van der Waals surface area contributed by atoms with Crippen LogP contribution in [0.2, 0.25) is 0 Å². The van der Waals surface area contributed by atoms with Gasteiger partial charge in [-0.2, -0.15) is 0 Å². The van der Waals surface area contributed by atoms with Crippen molar-refractivity contribution in [3.05, 3.63) is 29.6 Å². The Kier molecular flexibility index (Phi) is 3.15. The van der Waals surface area contributed by atoms with Gasteiger partial charge in [-0.15, -0.1) is 0 Å². The molecule has 1 aromatic rings. The van der Waals surface area contributed by atoms with Crippen LogP contribution in [0.4, 0.5) is 10.1 Å². The highest BCUT2D eigenvalue weighted by molar-refractivity contribution is 5.50. The summed E-state index contributed by atoms with van der Waals surface area (Å²) in [6, 6.07) is 5.24. The Hall–Kier alpha value is -1.09. The Labute approximate surface area is 96.0 Å². The van der Waals surface area contributed by atoms with Crippen molar-refractivity contribution in [2.75, 3.05) is 18.0 Å². The van der Waals surface area contributed by atoms with Crippen LogP contribution >= 0.6 is 0 Å². The lowest BCUT2D eigenvalue weighted by Crippen LogP contribution is -2.45. The molecule has 16 heavy (non-hydrogen) atoms. The van der Waals surface area contributed by atoms with Gasteiger partial charge in [-0.1, -0.05) is 6.07 Å². The van der Waals surface area contributed by atoms with E-state index in [4.69, 9.17) is 4.74 Å². The van der Waals surface area contributed by atoms with E-state index in [0.717, 1.165) is 18.7 Å². The van der Waals surface area contributed by atoms with Crippen molar-refractivity contribution in [1.29, 1.82) is 0 Å². The second-order valence-electron chi connectivity index (χ2n) is 4.62. The minimum Gasteiger partial charge on any atom is -0.372 e. The van der Waals surface area contributed by atoms with Crippen molar-refractivity contribution in [1.82, 2.24) is 0 Å². The summed E-state index contributed by atoms with van der Waals surface area (Å²) in [4.78, 5) is 2.07. The van der Waals surface area contributed by atoms with Gasteiger partial charge < -0.3 is 9.64 Å². The zero-order valence-corrected chi connectivity index (χ0v) is 10.0. The van der Waals surface area contributed by atoms with Crippen LogP contribution in [0.5, 0.6) is 0 Å². The Balaban J connectivity index is 2.25. The second-order valence-corrected chi connectivity index (χ2v) is 4.62. The van der Waals surface area contributed by atoms with Crippen LogP contribution < -0.4 is 4.90 Å². The number of benzene rings is 1. The summed E-state index contributed by atoms with van der Waals surface area (Å²) < 4.78 is 19.4. The van der Waals surface area contributed by atoms with E-state index in [2.05, 4.69) is 4.90 Å². The topological polar surface area (TPSA) is 12.5 Å². The largest absolute Gasteiger partial charge is 0.372 e. The number of aryl methyl sites for hydroxylation is 1. The van der Waals surface area contributed by atoms with Crippen LogP contribution in [-0.4, -0.2) is 25.3 Å². The molecule has 1 heterocycles. The number of anilines is 1. The van der Waals surface area contributed by atoms with Gasteiger partial charge in [-0.05, 0) is 38.5 Å². The van der Waals surface area contributed by atoms with Crippen molar-refractivity contribution < 1.29 is 9.13 Å². The number of ether oxygens (including phenoxy) is 1. The monoisotopic (exact) mass is 223 g/mol. The molecule has 1 aromatic carbocycles. The first-order valence-electron chi connectivity index (χ1n) is 5.73. The average Bonchev–Trinajstić information content (AvgIpc) is 2.20. The fraction of sp³-hybridized carbons (Fsp3) is 0.538. The van der Waals surface area contributed by atoms with E-state index in [0.29, 0.717) is 5.69 Å². The predicted octanol–water partition coefficient (Wildman–Crippen LogP) is 2.75. The lowest BCUT2D eigenvalue weighted by Gasteiger charge is -2.37. The van der Waals surface area contributed by atoms with Gasteiger partial charge in [-0.3, -0.25) is 0 Å². The molecule has 2 rings (SSSR count). The van der Waals surface area contributed by atoms with E-state index in [-0.39, 0.29) is 18.0 Å². The normalized spacial score (nSPS) is 25.9. The van der Waals surface area contributed by atoms with Gasteiger partial charge in [0.15, 0.2) is 0 Å². The number of rotatable bonds is 1. The molecule has 1 aliphatic heterocycles. The molecule has 1 aliphatic rings. The predicted molar refractivity (Wildman–Crippen MR) is 63.4 cm³/mol. The molecule has 3 heteroatoms. The molecule has 2 nitrogen and oxygen atoms in total. The van der Waals surface area contributed by atoms with Crippen LogP contribution in [-0.2, 0) is 4.74 Å². The maximum Gasteiger partial charge on any atom is 0.146 e. The quantitative estimate of drug-likeness (QED) is 0.726. The van der Waals surface area contributed by atoms with Crippen molar-refractivity contribution >= 4 is 5.69 Å². The van der Waals surface area contributed by atoms with Gasteiger partial charge >= 0.3 is 0 Å². The van der Waals surface area contributed by atoms with Crippen LogP contribution in [0, 0.1) is 12.7 Å². The van der Waals surface area contributed by atoms with Gasteiger partial charge in [0.1, 0.15) is 5.82 Å². The molecular weight excluding hydrogens is 205 g/mol. The van der Waals surface area contributed by atoms with E-state index >= 15 is 0 Å². The van der Waals surface area contributed by atoms with Crippen molar-refractivity contribution in [3.63, 3.8) is 0 Å². The Bertz CT molecular complexity index is 370. The molecule has 2 unspecified atom stereocenters. The van der Waals surface area contributed by atoms with Crippen LogP contribution in [0.25, 0.3) is 0 Å². The van der Waals surface area contributed by atoms with E-state index in [1.165, 1.54) is 6.07 Å². The minimum absolute atomic E-state index is 0.146. The van der Waals surface area contributed by atoms with Gasteiger partial charge in [0.25, 0.3) is 0 Å². The Morgan fingerprint density at radius 1 is 1.25 bits per heavy atom. The van der Waals surface area contributed by atoms with Gasteiger partial charge in [-0.25, -0.2) is 4.39 Å². The maximum atomic E-state index is 13.7. The molecule has 0 aromatic heterocycles. The molecule has 0 aliphatic carbocycles. The first kappa shape index (κ1) is 11.4. The first-order valence-corrected chi connectivity index (χ1v) is 5.73. The molecule has 0 saturated carbocycles. The number of halogens is 1. The molecule has 0 amide bonds. The zero-order valence-electron chi connectivity index (χ0n) is 10.0. The van der Waals surface area contributed by atoms with Crippen molar-refractivity contribution in [3.8, 4) is 0 Å². The number of nitrogens with zero attached hydrogens (tertiary/aromatic N) is 1. The third-order valence-corrected chi connectivity index (χ3v) is 2.86. The highest BCUT2D eigenvalue weighted by Crippen LogP contribution is 2.24. The van der Waals surface area contributed by atoms with Gasteiger partial charge in [0.05, 0.1) is 17.9 Å². The van der Waals surface area contributed by atoms with Crippen molar-refractivity contribution in [2.24, 2.45) is 0 Å². The molecule has 0 spiro atoms. The molecule has 1 fully saturated rings. The third kappa shape index (κ3) is 2.35.